The molecule has 0 spiro atoms. The summed E-state index contributed by atoms with van der Waals surface area (Å²) < 4.78 is 2.30. The van der Waals surface area contributed by atoms with E-state index in [1.807, 2.05) is 30.5 Å². The summed E-state index contributed by atoms with van der Waals surface area (Å²) in [6, 6.07) is 12.5. The van der Waals surface area contributed by atoms with Crippen molar-refractivity contribution in [2.75, 3.05) is 12.3 Å². The van der Waals surface area contributed by atoms with E-state index in [0.717, 1.165) is 60.1 Å². The average molecular weight is 415 g/mol. The zero-order chi connectivity index (χ0) is 21.6. The van der Waals surface area contributed by atoms with Crippen LogP contribution in [0.25, 0.3) is 21.9 Å². The molecule has 31 heavy (non-hydrogen) atoms. The second kappa shape index (κ2) is 9.71. The van der Waals surface area contributed by atoms with Gasteiger partial charge in [-0.15, -0.1) is 0 Å². The standard InChI is InChI=1S/C25H30N6/c1-3-4-13-22-30-23-24(20-11-5-6-12-21(20)29-25(23)26)31(22)16-8-7-15-28-18(2)19-10-9-14-27-17-19/h5-12,14,17-18,28H,3-4,13,15-16H2,1-2H3,(H2,26,29)/b8-7+. The molecule has 1 unspecified atom stereocenters. The van der Waals surface area contributed by atoms with Gasteiger partial charge in [0.1, 0.15) is 11.3 Å². The third-order valence-corrected chi connectivity index (χ3v) is 5.62. The van der Waals surface area contributed by atoms with Gasteiger partial charge >= 0.3 is 0 Å². The summed E-state index contributed by atoms with van der Waals surface area (Å²) in [5.74, 6) is 1.57. The third-order valence-electron chi connectivity index (χ3n) is 5.62. The van der Waals surface area contributed by atoms with Gasteiger partial charge in [0.25, 0.3) is 0 Å². The van der Waals surface area contributed by atoms with Gasteiger partial charge in [0.05, 0.1) is 11.0 Å². The number of benzene rings is 1. The van der Waals surface area contributed by atoms with E-state index in [4.69, 9.17) is 10.7 Å². The molecule has 160 valence electrons. The Morgan fingerprint density at radius 2 is 2.00 bits per heavy atom. The Labute approximate surface area is 183 Å². The lowest BCUT2D eigenvalue weighted by Crippen LogP contribution is -2.18. The maximum absolute atomic E-state index is 6.28. The number of hydrogen-bond donors (Lipinski definition) is 2. The van der Waals surface area contributed by atoms with Gasteiger partial charge in [0.15, 0.2) is 5.82 Å². The minimum atomic E-state index is 0.252. The molecule has 0 saturated heterocycles. The zero-order valence-corrected chi connectivity index (χ0v) is 18.3. The average Bonchev–Trinajstić information content (AvgIpc) is 3.17. The number of nitrogens with two attached hydrogens (primary N) is 1. The number of hydrogen-bond acceptors (Lipinski definition) is 5. The third kappa shape index (κ3) is 4.59. The van der Waals surface area contributed by atoms with Crippen LogP contribution in [0.5, 0.6) is 0 Å². The molecule has 4 aromatic rings. The summed E-state index contributed by atoms with van der Waals surface area (Å²) >= 11 is 0. The minimum Gasteiger partial charge on any atom is -0.382 e. The number of para-hydroxylation sites is 1. The van der Waals surface area contributed by atoms with E-state index < -0.39 is 0 Å². The molecule has 4 rings (SSSR count). The van der Waals surface area contributed by atoms with Crippen molar-refractivity contribution in [2.24, 2.45) is 0 Å². The Bertz CT molecular complexity index is 1180. The highest BCUT2D eigenvalue weighted by molar-refractivity contribution is 6.06. The lowest BCUT2D eigenvalue weighted by Gasteiger charge is -2.12. The Morgan fingerprint density at radius 3 is 2.81 bits per heavy atom. The number of nitrogens with zero attached hydrogens (tertiary/aromatic N) is 4. The second-order valence-electron chi connectivity index (χ2n) is 7.84. The van der Waals surface area contributed by atoms with E-state index in [2.05, 4.69) is 58.0 Å². The zero-order valence-electron chi connectivity index (χ0n) is 18.3. The van der Waals surface area contributed by atoms with Crippen LogP contribution in [0.2, 0.25) is 0 Å². The first-order valence-corrected chi connectivity index (χ1v) is 11.0. The van der Waals surface area contributed by atoms with E-state index in [1.54, 1.807) is 6.20 Å². The van der Waals surface area contributed by atoms with Crippen LogP contribution in [0, 0.1) is 0 Å². The Balaban J connectivity index is 1.57. The van der Waals surface area contributed by atoms with E-state index >= 15 is 0 Å². The summed E-state index contributed by atoms with van der Waals surface area (Å²) in [7, 11) is 0. The Morgan fingerprint density at radius 1 is 1.13 bits per heavy atom. The number of pyridine rings is 2. The molecule has 0 aliphatic heterocycles. The van der Waals surface area contributed by atoms with E-state index in [1.165, 1.54) is 5.56 Å². The summed E-state index contributed by atoms with van der Waals surface area (Å²) in [5.41, 5.74) is 10.3. The quantitative estimate of drug-likeness (QED) is 0.384. The van der Waals surface area contributed by atoms with Crippen LogP contribution >= 0.6 is 0 Å². The number of aryl methyl sites for hydroxylation is 1. The van der Waals surface area contributed by atoms with Crippen LogP contribution in [0.4, 0.5) is 5.82 Å². The first-order chi connectivity index (χ1) is 15.2. The van der Waals surface area contributed by atoms with Crippen molar-refractivity contribution < 1.29 is 0 Å². The lowest BCUT2D eigenvalue weighted by atomic mass is 10.1. The minimum absolute atomic E-state index is 0.252. The number of imidazole rings is 1. The summed E-state index contributed by atoms with van der Waals surface area (Å²) in [5, 5.41) is 4.62. The van der Waals surface area contributed by atoms with Crippen molar-refractivity contribution in [1.82, 2.24) is 24.8 Å². The van der Waals surface area contributed by atoms with Crippen molar-refractivity contribution in [3.05, 3.63) is 72.3 Å². The highest BCUT2D eigenvalue weighted by Gasteiger charge is 2.16. The van der Waals surface area contributed by atoms with Gasteiger partial charge < -0.3 is 15.6 Å². The number of fused-ring (bicyclic) bond motifs is 3. The van der Waals surface area contributed by atoms with Gasteiger partial charge in [0.2, 0.25) is 0 Å². The van der Waals surface area contributed by atoms with Crippen molar-refractivity contribution in [3.8, 4) is 0 Å². The van der Waals surface area contributed by atoms with Gasteiger partial charge in [-0.3, -0.25) is 4.98 Å². The molecule has 3 aromatic heterocycles. The molecule has 0 amide bonds. The maximum Gasteiger partial charge on any atom is 0.152 e. The monoisotopic (exact) mass is 414 g/mol. The van der Waals surface area contributed by atoms with Crippen LogP contribution in [0.3, 0.4) is 0 Å². The number of allylic oxidation sites excluding steroid dienone is 1. The molecule has 0 bridgehead atoms. The first kappa shape index (κ1) is 21.0. The fourth-order valence-electron chi connectivity index (χ4n) is 3.89. The summed E-state index contributed by atoms with van der Waals surface area (Å²) in [4.78, 5) is 13.6. The van der Waals surface area contributed by atoms with Crippen LogP contribution in [0.15, 0.2) is 60.9 Å². The molecule has 0 fully saturated rings. The lowest BCUT2D eigenvalue weighted by molar-refractivity contribution is 0.613. The normalized spacial score (nSPS) is 12.8. The van der Waals surface area contributed by atoms with Gasteiger partial charge in [-0.25, -0.2) is 9.97 Å². The van der Waals surface area contributed by atoms with Gasteiger partial charge in [0, 0.05) is 43.3 Å². The summed E-state index contributed by atoms with van der Waals surface area (Å²) in [6.07, 6.45) is 11.2. The number of nitrogen functional groups attached to an aromatic ring is 1. The largest absolute Gasteiger partial charge is 0.382 e. The molecule has 3 N–H and O–H groups in total. The van der Waals surface area contributed by atoms with Crippen LogP contribution in [0.1, 0.15) is 44.1 Å². The highest BCUT2D eigenvalue weighted by atomic mass is 15.1. The SMILES string of the molecule is CCCCc1nc2c(N)nc3ccccc3c2n1C/C=C/CNC(C)c1cccnc1. The molecule has 1 aromatic carbocycles. The molecule has 0 aliphatic carbocycles. The molecule has 6 heteroatoms. The number of anilines is 1. The van der Waals surface area contributed by atoms with Crippen LogP contribution in [-0.4, -0.2) is 26.1 Å². The molecular formula is C25H30N6. The van der Waals surface area contributed by atoms with Gasteiger partial charge in [-0.1, -0.05) is 49.8 Å². The molecular weight excluding hydrogens is 384 g/mol. The maximum atomic E-state index is 6.28. The smallest absolute Gasteiger partial charge is 0.152 e. The molecule has 0 radical (unpaired) electrons. The number of nitrogens with one attached hydrogen (secondary N) is 1. The Kier molecular flexibility index (Phi) is 6.57. The van der Waals surface area contributed by atoms with Crippen molar-refractivity contribution >= 4 is 27.8 Å². The van der Waals surface area contributed by atoms with Crippen LogP contribution in [-0.2, 0) is 13.0 Å². The van der Waals surface area contributed by atoms with Gasteiger partial charge in [-0.05, 0) is 31.0 Å². The number of unbranched alkanes of at least 4 members (excludes halogenated alkanes) is 1. The summed E-state index contributed by atoms with van der Waals surface area (Å²) in [6.45, 7) is 5.90. The second-order valence-corrected chi connectivity index (χ2v) is 7.84. The first-order valence-electron chi connectivity index (χ1n) is 11.0. The van der Waals surface area contributed by atoms with Crippen molar-refractivity contribution in [2.45, 2.75) is 45.7 Å². The highest BCUT2D eigenvalue weighted by Crippen LogP contribution is 2.29. The van der Waals surface area contributed by atoms with Crippen molar-refractivity contribution in [3.63, 3.8) is 0 Å². The molecule has 0 aliphatic rings. The predicted molar refractivity (Wildman–Crippen MR) is 128 cm³/mol. The predicted octanol–water partition coefficient (Wildman–Crippen LogP) is 4.81. The molecule has 0 saturated carbocycles. The fraction of sp³-hybridized carbons (Fsp3) is 0.320. The fourth-order valence-corrected chi connectivity index (χ4v) is 3.89. The van der Waals surface area contributed by atoms with E-state index in [0.29, 0.717) is 5.82 Å². The van der Waals surface area contributed by atoms with Crippen molar-refractivity contribution in [1.29, 1.82) is 0 Å². The van der Waals surface area contributed by atoms with Gasteiger partial charge in [-0.2, -0.15) is 0 Å². The topological polar surface area (TPSA) is 81.6 Å². The molecule has 6 nitrogen and oxygen atoms in total. The molecule has 3 heterocycles. The molecule has 1 atom stereocenters. The number of rotatable bonds is 9. The van der Waals surface area contributed by atoms with Crippen LogP contribution < -0.4 is 11.1 Å². The number of aromatic nitrogens is 4. The Hall–Kier alpha value is -3.25. The van der Waals surface area contributed by atoms with E-state index in [9.17, 15) is 0 Å². The van der Waals surface area contributed by atoms with E-state index in [-0.39, 0.29) is 6.04 Å².